The lowest BCUT2D eigenvalue weighted by Crippen LogP contribution is -2.38. The van der Waals surface area contributed by atoms with Crippen LogP contribution in [0.3, 0.4) is 0 Å². The van der Waals surface area contributed by atoms with Crippen LogP contribution in [0.15, 0.2) is 23.7 Å². The van der Waals surface area contributed by atoms with Gasteiger partial charge in [0.25, 0.3) is 5.91 Å². The molecule has 0 bridgehead atoms. The third kappa shape index (κ3) is 4.11. The van der Waals surface area contributed by atoms with Gasteiger partial charge >= 0.3 is 0 Å². The second-order valence-electron chi connectivity index (χ2n) is 8.68. The Hall–Kier alpha value is -1.77. The first-order chi connectivity index (χ1) is 14.2. The fourth-order valence-corrected chi connectivity index (χ4v) is 5.49. The molecule has 2 aliphatic carbocycles. The maximum Gasteiger partial charge on any atom is 0.263 e. The minimum absolute atomic E-state index is 0.130. The highest BCUT2D eigenvalue weighted by atomic mass is 32.1. The van der Waals surface area contributed by atoms with Crippen LogP contribution < -0.4 is 0 Å². The van der Waals surface area contributed by atoms with Gasteiger partial charge in [-0.25, -0.2) is 4.68 Å². The Kier molecular flexibility index (Phi) is 5.41. The first-order valence-electron chi connectivity index (χ1n) is 10.5. The van der Waals surface area contributed by atoms with Crippen LogP contribution in [0.5, 0.6) is 0 Å². The summed E-state index contributed by atoms with van der Waals surface area (Å²) in [5, 5.41) is 10.6. The number of thiophene rings is 1. The molecule has 0 spiro atoms. The second-order valence-corrected chi connectivity index (χ2v) is 9.63. The molecule has 7 nitrogen and oxygen atoms in total. The monoisotopic (exact) mass is 416 g/mol. The molecule has 1 amide bonds. The number of nitrogens with zero attached hydrogens (tertiary/aromatic N) is 4. The first-order valence-corrected chi connectivity index (χ1v) is 11.4. The van der Waals surface area contributed by atoms with Gasteiger partial charge in [-0.1, -0.05) is 11.3 Å². The zero-order valence-electron chi connectivity index (χ0n) is 16.8. The number of rotatable bonds is 7. The van der Waals surface area contributed by atoms with Crippen LogP contribution in [-0.2, 0) is 16.1 Å². The van der Waals surface area contributed by atoms with Crippen LogP contribution in [0.1, 0.15) is 47.1 Å². The number of carbonyl (C=O) groups excluding carboxylic acids is 1. The van der Waals surface area contributed by atoms with Crippen LogP contribution >= 0.6 is 11.3 Å². The van der Waals surface area contributed by atoms with Gasteiger partial charge in [0.1, 0.15) is 5.69 Å². The maximum absolute atomic E-state index is 12.8. The lowest BCUT2D eigenvalue weighted by Gasteiger charge is -2.37. The first kappa shape index (κ1) is 19.2. The van der Waals surface area contributed by atoms with Crippen molar-refractivity contribution in [3.05, 3.63) is 34.3 Å². The van der Waals surface area contributed by atoms with Crippen LogP contribution in [-0.4, -0.2) is 58.7 Å². The molecular weight excluding hydrogens is 388 g/mol. The quantitative estimate of drug-likeness (QED) is 0.694. The predicted molar refractivity (Wildman–Crippen MR) is 109 cm³/mol. The number of fused-ring (bicyclic) bond motifs is 1. The molecule has 0 radical (unpaired) electrons. The van der Waals surface area contributed by atoms with Crippen LogP contribution in [0.4, 0.5) is 0 Å². The summed E-state index contributed by atoms with van der Waals surface area (Å²) in [4.78, 5) is 15.7. The molecular formula is C21H28N4O3S. The van der Waals surface area contributed by atoms with Crippen molar-refractivity contribution in [1.29, 1.82) is 0 Å². The fourth-order valence-electron chi connectivity index (χ4n) is 4.80. The SMILES string of the molecule is COCc1cn([C@@H]2C[C@@H]3CN(C(=O)c4cccs4)C[C@@H]3C[C@H]2OCC2CC2)nn1. The van der Waals surface area contributed by atoms with Crippen molar-refractivity contribution in [3.63, 3.8) is 0 Å². The number of methoxy groups -OCH3 is 1. The van der Waals surface area contributed by atoms with Gasteiger partial charge in [0, 0.05) is 26.8 Å². The van der Waals surface area contributed by atoms with E-state index >= 15 is 0 Å². The molecule has 1 saturated heterocycles. The number of likely N-dealkylation sites (tertiary alicyclic amines) is 1. The molecule has 5 rings (SSSR count). The van der Waals surface area contributed by atoms with Crippen LogP contribution in [0.2, 0.25) is 0 Å². The Bertz CT molecular complexity index is 835. The van der Waals surface area contributed by atoms with Crippen molar-refractivity contribution in [1.82, 2.24) is 19.9 Å². The minimum Gasteiger partial charge on any atom is -0.378 e. The lowest BCUT2D eigenvalue weighted by atomic mass is 9.77. The highest BCUT2D eigenvalue weighted by molar-refractivity contribution is 7.12. The molecule has 3 heterocycles. The Morgan fingerprint density at radius 1 is 1.28 bits per heavy atom. The summed E-state index contributed by atoms with van der Waals surface area (Å²) < 4.78 is 13.6. The van der Waals surface area contributed by atoms with E-state index in [0.29, 0.717) is 18.4 Å². The van der Waals surface area contributed by atoms with Gasteiger partial charge in [0.15, 0.2) is 0 Å². The normalized spacial score (nSPS) is 29.2. The summed E-state index contributed by atoms with van der Waals surface area (Å²) in [6.07, 6.45) is 6.65. The van der Waals surface area contributed by atoms with Crippen LogP contribution in [0.25, 0.3) is 0 Å². The third-order valence-electron chi connectivity index (χ3n) is 6.54. The van der Waals surface area contributed by atoms with E-state index in [4.69, 9.17) is 9.47 Å². The van der Waals surface area contributed by atoms with E-state index < -0.39 is 0 Å². The zero-order chi connectivity index (χ0) is 19.8. The molecule has 156 valence electrons. The Balaban J connectivity index is 1.31. The molecule has 8 heteroatoms. The summed E-state index contributed by atoms with van der Waals surface area (Å²) >= 11 is 1.52. The van der Waals surface area contributed by atoms with E-state index in [9.17, 15) is 4.79 Å². The molecule has 1 aliphatic heterocycles. The lowest BCUT2D eigenvalue weighted by molar-refractivity contribution is -0.0375. The van der Waals surface area contributed by atoms with E-state index in [1.165, 1.54) is 24.2 Å². The largest absolute Gasteiger partial charge is 0.378 e. The summed E-state index contributed by atoms with van der Waals surface area (Å²) in [5.41, 5.74) is 0.844. The average molecular weight is 417 g/mol. The van der Waals surface area contributed by atoms with Gasteiger partial charge in [0.2, 0.25) is 0 Å². The van der Waals surface area contributed by atoms with Crippen molar-refractivity contribution in [3.8, 4) is 0 Å². The summed E-state index contributed by atoms with van der Waals surface area (Å²) in [5.74, 6) is 1.89. The smallest absolute Gasteiger partial charge is 0.263 e. The third-order valence-corrected chi connectivity index (χ3v) is 7.39. The molecule has 3 fully saturated rings. The molecule has 3 aliphatic rings. The number of aromatic nitrogens is 3. The summed E-state index contributed by atoms with van der Waals surface area (Å²) in [6, 6.07) is 4.04. The molecule has 29 heavy (non-hydrogen) atoms. The Morgan fingerprint density at radius 2 is 2.10 bits per heavy atom. The number of ether oxygens (including phenoxy) is 2. The molecule has 2 aromatic heterocycles. The highest BCUT2D eigenvalue weighted by Gasteiger charge is 2.45. The predicted octanol–water partition coefficient (Wildman–Crippen LogP) is 3.00. The molecule has 0 aromatic carbocycles. The van der Waals surface area contributed by atoms with E-state index in [0.717, 1.165) is 49.0 Å². The van der Waals surface area contributed by atoms with Gasteiger partial charge in [-0.3, -0.25) is 4.79 Å². The molecule has 0 unspecified atom stereocenters. The molecule has 2 aromatic rings. The van der Waals surface area contributed by atoms with Crippen molar-refractivity contribution in [2.75, 3.05) is 26.8 Å². The fraction of sp³-hybridized carbons (Fsp3) is 0.667. The summed E-state index contributed by atoms with van der Waals surface area (Å²) in [7, 11) is 1.67. The van der Waals surface area contributed by atoms with Crippen molar-refractivity contribution >= 4 is 17.2 Å². The molecule has 0 N–H and O–H groups in total. The van der Waals surface area contributed by atoms with E-state index in [1.807, 2.05) is 33.3 Å². The summed E-state index contributed by atoms with van der Waals surface area (Å²) in [6.45, 7) is 2.97. The van der Waals surface area contributed by atoms with E-state index in [-0.39, 0.29) is 18.1 Å². The Labute approximate surface area is 175 Å². The second kappa shape index (κ2) is 8.16. The van der Waals surface area contributed by atoms with Crippen molar-refractivity contribution < 1.29 is 14.3 Å². The number of carbonyl (C=O) groups is 1. The zero-order valence-corrected chi connectivity index (χ0v) is 17.6. The van der Waals surface area contributed by atoms with Gasteiger partial charge in [-0.2, -0.15) is 0 Å². The van der Waals surface area contributed by atoms with E-state index in [1.54, 1.807) is 7.11 Å². The van der Waals surface area contributed by atoms with Gasteiger partial charge < -0.3 is 14.4 Å². The average Bonchev–Trinajstić information content (AvgIpc) is 3.14. The maximum atomic E-state index is 12.8. The van der Waals surface area contributed by atoms with Gasteiger partial charge in [-0.15, -0.1) is 16.4 Å². The molecule has 4 atom stereocenters. The number of hydrogen-bond acceptors (Lipinski definition) is 6. The van der Waals surface area contributed by atoms with Gasteiger partial charge in [-0.05, 0) is 54.9 Å². The topological polar surface area (TPSA) is 69.5 Å². The molecule has 2 saturated carbocycles. The highest BCUT2D eigenvalue weighted by Crippen LogP contribution is 2.43. The minimum atomic E-state index is 0.130. The van der Waals surface area contributed by atoms with E-state index in [2.05, 4.69) is 10.3 Å². The number of hydrogen-bond donors (Lipinski definition) is 0. The number of amides is 1. The van der Waals surface area contributed by atoms with Gasteiger partial charge in [0.05, 0.1) is 29.8 Å². The van der Waals surface area contributed by atoms with Crippen LogP contribution in [0, 0.1) is 17.8 Å². The Morgan fingerprint density at radius 3 is 2.83 bits per heavy atom. The standard InChI is InChI=1S/C21H28N4O3S/c1-27-13-17-11-25(23-22-17)18-7-15-9-24(21(26)20-3-2-6-29-20)10-16(15)8-19(18)28-12-14-4-5-14/h2-3,6,11,14-16,18-19H,4-5,7-10,12-13H2,1H3/t15-,16+,18-,19-/m1/s1. The van der Waals surface area contributed by atoms with Crippen molar-refractivity contribution in [2.24, 2.45) is 17.8 Å². The van der Waals surface area contributed by atoms with Crippen molar-refractivity contribution in [2.45, 2.75) is 44.4 Å².